The van der Waals surface area contributed by atoms with Gasteiger partial charge in [-0.15, -0.1) is 0 Å². The van der Waals surface area contributed by atoms with Crippen LogP contribution in [-0.4, -0.2) is 29.9 Å². The summed E-state index contributed by atoms with van der Waals surface area (Å²) in [6, 6.07) is 10.3. The molecule has 1 aliphatic rings. The number of hydrogen-bond acceptors (Lipinski definition) is 3. The highest BCUT2D eigenvalue weighted by Crippen LogP contribution is 2.21. The molecule has 1 N–H and O–H groups in total. The summed E-state index contributed by atoms with van der Waals surface area (Å²) in [6.07, 6.45) is 2.69. The van der Waals surface area contributed by atoms with Crippen molar-refractivity contribution < 1.29 is 4.79 Å². The molecule has 0 aliphatic carbocycles. The zero-order valence-corrected chi connectivity index (χ0v) is 13.5. The number of likely N-dealkylation sites (tertiary alicyclic amines) is 1. The van der Waals surface area contributed by atoms with Crippen LogP contribution in [0.15, 0.2) is 24.3 Å². The first-order valence-corrected chi connectivity index (χ1v) is 8.18. The minimum atomic E-state index is 0.268. The molecule has 1 amide bonds. The van der Waals surface area contributed by atoms with Crippen molar-refractivity contribution in [3.05, 3.63) is 35.4 Å². The molecule has 0 spiro atoms. The lowest BCUT2D eigenvalue weighted by molar-refractivity contribution is -0.133. The Kier molecular flexibility index (Phi) is 5.97. The molecule has 1 heterocycles. The normalized spacial score (nSPS) is 21.4. The van der Waals surface area contributed by atoms with Gasteiger partial charge in [0.2, 0.25) is 5.91 Å². The first kappa shape index (κ1) is 16.5. The monoisotopic (exact) mass is 299 g/mol. The maximum absolute atomic E-state index is 11.9. The third-order valence-electron chi connectivity index (χ3n) is 4.56. The van der Waals surface area contributed by atoms with Gasteiger partial charge in [0.15, 0.2) is 0 Å². The van der Waals surface area contributed by atoms with Gasteiger partial charge in [0, 0.05) is 32.1 Å². The molecule has 22 heavy (non-hydrogen) atoms. The molecule has 1 saturated heterocycles. The molecule has 1 fully saturated rings. The quantitative estimate of drug-likeness (QED) is 0.909. The minimum absolute atomic E-state index is 0.268. The van der Waals surface area contributed by atoms with Crippen molar-refractivity contribution in [2.75, 3.05) is 13.1 Å². The number of nitriles is 1. The van der Waals surface area contributed by atoms with E-state index in [-0.39, 0.29) is 5.91 Å². The summed E-state index contributed by atoms with van der Waals surface area (Å²) in [7, 11) is 0. The van der Waals surface area contributed by atoms with Gasteiger partial charge in [-0.1, -0.05) is 32.4 Å². The van der Waals surface area contributed by atoms with Crippen LogP contribution in [0.25, 0.3) is 0 Å². The second-order valence-corrected chi connectivity index (χ2v) is 5.95. The number of carbonyl (C=O) groups excluding carboxylic acids is 1. The van der Waals surface area contributed by atoms with Gasteiger partial charge < -0.3 is 10.2 Å². The van der Waals surface area contributed by atoms with Gasteiger partial charge in [-0.25, -0.2) is 0 Å². The SMILES string of the molecule is CCC(=O)N1CC[C@@H](NCc2ccc(C#N)cc2)[C@@H](CC)C1. The van der Waals surface area contributed by atoms with Crippen LogP contribution in [-0.2, 0) is 11.3 Å². The molecule has 0 radical (unpaired) electrons. The topological polar surface area (TPSA) is 56.1 Å². The molecule has 4 heteroatoms. The molecule has 0 unspecified atom stereocenters. The number of carbonyl (C=O) groups is 1. The predicted molar refractivity (Wildman–Crippen MR) is 87.1 cm³/mol. The van der Waals surface area contributed by atoms with Crippen molar-refractivity contribution in [2.45, 2.75) is 45.7 Å². The molecule has 4 nitrogen and oxygen atoms in total. The third kappa shape index (κ3) is 4.08. The van der Waals surface area contributed by atoms with Crippen molar-refractivity contribution in [3.8, 4) is 6.07 Å². The first-order valence-electron chi connectivity index (χ1n) is 8.18. The molecule has 0 bridgehead atoms. The molecule has 1 aliphatic heterocycles. The van der Waals surface area contributed by atoms with Crippen LogP contribution in [0.3, 0.4) is 0 Å². The Morgan fingerprint density at radius 1 is 1.36 bits per heavy atom. The van der Waals surface area contributed by atoms with Crippen LogP contribution < -0.4 is 5.32 Å². The molecule has 1 aromatic carbocycles. The summed E-state index contributed by atoms with van der Waals surface area (Å²) in [5, 5.41) is 12.5. The van der Waals surface area contributed by atoms with Crippen LogP contribution in [0.1, 0.15) is 44.2 Å². The van der Waals surface area contributed by atoms with Crippen molar-refractivity contribution in [1.82, 2.24) is 10.2 Å². The number of hydrogen-bond donors (Lipinski definition) is 1. The van der Waals surface area contributed by atoms with E-state index in [1.54, 1.807) is 0 Å². The molecule has 0 saturated carbocycles. The average Bonchev–Trinajstić information content (AvgIpc) is 2.59. The lowest BCUT2D eigenvalue weighted by Crippen LogP contribution is -2.50. The third-order valence-corrected chi connectivity index (χ3v) is 4.56. The molecule has 2 atom stereocenters. The molecular formula is C18H25N3O. The standard InChI is InChI=1S/C18H25N3O/c1-3-16-13-21(18(22)4-2)10-9-17(16)20-12-15-7-5-14(11-19)6-8-15/h5-8,16-17,20H,3-4,9-10,12-13H2,1-2H3/t16-,17+/m0/s1. The summed E-state index contributed by atoms with van der Waals surface area (Å²) in [5.41, 5.74) is 1.89. The second kappa shape index (κ2) is 7.95. The Balaban J connectivity index is 1.89. The van der Waals surface area contributed by atoms with Crippen molar-refractivity contribution in [2.24, 2.45) is 5.92 Å². The van der Waals surface area contributed by atoms with Crippen molar-refractivity contribution in [3.63, 3.8) is 0 Å². The largest absolute Gasteiger partial charge is 0.342 e. The number of amides is 1. The Bertz CT molecular complexity index is 532. The maximum Gasteiger partial charge on any atom is 0.222 e. The number of rotatable bonds is 5. The van der Waals surface area contributed by atoms with Gasteiger partial charge in [0.1, 0.15) is 0 Å². The van der Waals surface area contributed by atoms with Gasteiger partial charge in [0.25, 0.3) is 0 Å². The first-order chi connectivity index (χ1) is 10.7. The van der Waals surface area contributed by atoms with Crippen LogP contribution in [0.4, 0.5) is 0 Å². The van der Waals surface area contributed by atoms with Gasteiger partial charge in [-0.3, -0.25) is 4.79 Å². The summed E-state index contributed by atoms with van der Waals surface area (Å²) in [5.74, 6) is 0.784. The van der Waals surface area contributed by atoms with Crippen LogP contribution in [0.5, 0.6) is 0 Å². The van der Waals surface area contributed by atoms with Gasteiger partial charge in [-0.2, -0.15) is 5.26 Å². The van der Waals surface area contributed by atoms with Gasteiger partial charge in [-0.05, 0) is 30.0 Å². The van der Waals surface area contributed by atoms with E-state index in [1.807, 2.05) is 36.1 Å². The van der Waals surface area contributed by atoms with E-state index in [4.69, 9.17) is 5.26 Å². The van der Waals surface area contributed by atoms with Crippen LogP contribution in [0, 0.1) is 17.2 Å². The molecule has 0 aromatic heterocycles. The predicted octanol–water partition coefficient (Wildman–Crippen LogP) is 2.68. The number of benzene rings is 1. The highest BCUT2D eigenvalue weighted by Gasteiger charge is 2.29. The number of nitrogens with one attached hydrogen (secondary N) is 1. The summed E-state index contributed by atoms with van der Waals surface area (Å²) in [6.45, 7) is 6.66. The highest BCUT2D eigenvalue weighted by atomic mass is 16.2. The zero-order chi connectivity index (χ0) is 15.9. The Hall–Kier alpha value is -1.86. The Labute approximate surface area is 133 Å². The van der Waals surface area contributed by atoms with Crippen molar-refractivity contribution >= 4 is 5.91 Å². The second-order valence-electron chi connectivity index (χ2n) is 5.95. The number of piperidine rings is 1. The lowest BCUT2D eigenvalue weighted by Gasteiger charge is -2.38. The van der Waals surface area contributed by atoms with E-state index in [1.165, 1.54) is 5.56 Å². The van der Waals surface area contributed by atoms with E-state index < -0.39 is 0 Å². The smallest absolute Gasteiger partial charge is 0.222 e. The maximum atomic E-state index is 11.9. The highest BCUT2D eigenvalue weighted by molar-refractivity contribution is 5.75. The van der Waals surface area contributed by atoms with Crippen LogP contribution in [0.2, 0.25) is 0 Å². The average molecular weight is 299 g/mol. The molecule has 1 aromatic rings. The minimum Gasteiger partial charge on any atom is -0.342 e. The van der Waals surface area contributed by atoms with Crippen molar-refractivity contribution in [1.29, 1.82) is 5.26 Å². The van der Waals surface area contributed by atoms with Crippen LogP contribution >= 0.6 is 0 Å². The number of nitrogens with zero attached hydrogens (tertiary/aromatic N) is 2. The molecule has 2 rings (SSSR count). The van der Waals surface area contributed by atoms with Gasteiger partial charge in [0.05, 0.1) is 11.6 Å². The zero-order valence-electron chi connectivity index (χ0n) is 13.5. The van der Waals surface area contributed by atoms with Gasteiger partial charge >= 0.3 is 0 Å². The van der Waals surface area contributed by atoms with E-state index in [0.29, 0.717) is 23.9 Å². The van der Waals surface area contributed by atoms with E-state index in [2.05, 4.69) is 18.3 Å². The van der Waals surface area contributed by atoms with E-state index >= 15 is 0 Å². The molecular weight excluding hydrogens is 274 g/mol. The molecule has 118 valence electrons. The Morgan fingerprint density at radius 3 is 2.68 bits per heavy atom. The summed E-state index contributed by atoms with van der Waals surface area (Å²) >= 11 is 0. The lowest BCUT2D eigenvalue weighted by atomic mass is 9.89. The summed E-state index contributed by atoms with van der Waals surface area (Å²) < 4.78 is 0. The fraction of sp³-hybridized carbons (Fsp3) is 0.556. The van der Waals surface area contributed by atoms with E-state index in [0.717, 1.165) is 32.5 Å². The fourth-order valence-corrected chi connectivity index (χ4v) is 3.11. The van der Waals surface area contributed by atoms with E-state index in [9.17, 15) is 4.79 Å². The fourth-order valence-electron chi connectivity index (χ4n) is 3.11. The summed E-state index contributed by atoms with van der Waals surface area (Å²) in [4.78, 5) is 13.9. The Morgan fingerprint density at radius 2 is 2.09 bits per heavy atom.